The molecule has 21 heavy (non-hydrogen) atoms. The van der Waals surface area contributed by atoms with Gasteiger partial charge in [-0.05, 0) is 30.5 Å². The molecule has 0 saturated carbocycles. The maximum Gasteiger partial charge on any atom is 0.329 e. The van der Waals surface area contributed by atoms with E-state index in [1.54, 1.807) is 0 Å². The van der Waals surface area contributed by atoms with Gasteiger partial charge in [-0.15, -0.1) is 0 Å². The van der Waals surface area contributed by atoms with Crippen molar-refractivity contribution >= 4 is 18.0 Å². The predicted molar refractivity (Wildman–Crippen MR) is 74.1 cm³/mol. The number of carbonyl (C=O) groups excluding carboxylic acids is 2. The van der Waals surface area contributed by atoms with Crippen molar-refractivity contribution in [3.8, 4) is 0 Å². The number of benzene rings is 1. The fourth-order valence-corrected chi connectivity index (χ4v) is 1.86. The Morgan fingerprint density at radius 3 is 2.76 bits per heavy atom. The molecule has 1 heterocycles. The topological polar surface area (TPSA) is 79.8 Å². The lowest BCUT2D eigenvalue weighted by Crippen LogP contribution is -2.41. The van der Waals surface area contributed by atoms with Crippen LogP contribution in [0.1, 0.15) is 18.4 Å². The van der Waals surface area contributed by atoms with Crippen LogP contribution in [0.4, 0.5) is 4.39 Å². The van der Waals surface area contributed by atoms with Crippen molar-refractivity contribution in [2.45, 2.75) is 18.9 Å². The average Bonchev–Trinajstić information content (AvgIpc) is 3.00. The van der Waals surface area contributed by atoms with Crippen molar-refractivity contribution in [1.82, 2.24) is 10.7 Å². The summed E-state index contributed by atoms with van der Waals surface area (Å²) >= 11 is 0. The summed E-state index contributed by atoms with van der Waals surface area (Å²) in [5.74, 6) is -1.97. The van der Waals surface area contributed by atoms with Crippen molar-refractivity contribution in [2.75, 3.05) is 13.2 Å². The van der Waals surface area contributed by atoms with Crippen LogP contribution in [0.3, 0.4) is 0 Å². The number of ether oxygens (including phenoxy) is 1. The molecular formula is C14H16FN3O3. The Kier molecular flexibility index (Phi) is 5.39. The van der Waals surface area contributed by atoms with E-state index in [1.165, 1.54) is 30.5 Å². The maximum absolute atomic E-state index is 12.7. The first-order chi connectivity index (χ1) is 10.1. The van der Waals surface area contributed by atoms with Crippen LogP contribution >= 0.6 is 0 Å². The first-order valence-corrected chi connectivity index (χ1v) is 6.63. The van der Waals surface area contributed by atoms with Crippen LogP contribution in [0, 0.1) is 5.82 Å². The van der Waals surface area contributed by atoms with Crippen LogP contribution in [-0.2, 0) is 14.3 Å². The van der Waals surface area contributed by atoms with E-state index in [2.05, 4.69) is 15.8 Å². The lowest BCUT2D eigenvalue weighted by atomic mass is 10.2. The van der Waals surface area contributed by atoms with E-state index in [-0.39, 0.29) is 11.9 Å². The van der Waals surface area contributed by atoms with Gasteiger partial charge in [0.1, 0.15) is 5.82 Å². The maximum atomic E-state index is 12.7. The van der Waals surface area contributed by atoms with Gasteiger partial charge in [0.25, 0.3) is 0 Å². The van der Waals surface area contributed by atoms with Crippen LogP contribution in [-0.4, -0.2) is 37.3 Å². The van der Waals surface area contributed by atoms with E-state index in [1.807, 2.05) is 0 Å². The molecule has 2 N–H and O–H groups in total. The Morgan fingerprint density at radius 1 is 1.33 bits per heavy atom. The highest BCUT2D eigenvalue weighted by atomic mass is 19.1. The molecular weight excluding hydrogens is 277 g/mol. The zero-order chi connectivity index (χ0) is 15.1. The normalized spacial score (nSPS) is 17.9. The van der Waals surface area contributed by atoms with Crippen LogP contribution < -0.4 is 10.7 Å². The Labute approximate surface area is 121 Å². The van der Waals surface area contributed by atoms with Gasteiger partial charge in [-0.25, -0.2) is 9.82 Å². The molecule has 1 fully saturated rings. The zero-order valence-electron chi connectivity index (χ0n) is 11.3. The number of rotatable bonds is 4. The summed E-state index contributed by atoms with van der Waals surface area (Å²) in [6, 6.07) is 5.56. The van der Waals surface area contributed by atoms with Crippen LogP contribution in [0.5, 0.6) is 0 Å². The van der Waals surface area contributed by atoms with Gasteiger partial charge in [-0.2, -0.15) is 5.10 Å². The molecule has 0 unspecified atom stereocenters. The van der Waals surface area contributed by atoms with Crippen molar-refractivity contribution in [2.24, 2.45) is 5.10 Å². The first kappa shape index (κ1) is 15.1. The molecule has 1 aromatic rings. The van der Waals surface area contributed by atoms with E-state index in [4.69, 9.17) is 4.74 Å². The van der Waals surface area contributed by atoms with Crippen molar-refractivity contribution in [1.29, 1.82) is 0 Å². The number of hydrogen-bond acceptors (Lipinski definition) is 4. The minimum absolute atomic E-state index is 0.0236. The number of amides is 2. The number of nitrogens with zero attached hydrogens (tertiary/aromatic N) is 1. The number of hydrogen-bond donors (Lipinski definition) is 2. The molecule has 0 aromatic heterocycles. The summed E-state index contributed by atoms with van der Waals surface area (Å²) < 4.78 is 18.0. The summed E-state index contributed by atoms with van der Waals surface area (Å²) in [6.07, 6.45) is 3.15. The smallest absolute Gasteiger partial charge is 0.329 e. The summed E-state index contributed by atoms with van der Waals surface area (Å²) in [7, 11) is 0. The van der Waals surface area contributed by atoms with E-state index in [0.29, 0.717) is 18.7 Å². The monoisotopic (exact) mass is 293 g/mol. The van der Waals surface area contributed by atoms with Crippen molar-refractivity contribution < 1.29 is 18.7 Å². The van der Waals surface area contributed by atoms with Gasteiger partial charge < -0.3 is 10.1 Å². The minimum Gasteiger partial charge on any atom is -0.376 e. The Hall–Kier alpha value is -2.28. The fourth-order valence-electron chi connectivity index (χ4n) is 1.86. The molecule has 2 amide bonds. The molecule has 0 aliphatic carbocycles. The van der Waals surface area contributed by atoms with E-state index in [9.17, 15) is 14.0 Å². The second-order valence-corrected chi connectivity index (χ2v) is 4.60. The Morgan fingerprint density at radius 2 is 2.10 bits per heavy atom. The molecule has 0 spiro atoms. The third-order valence-electron chi connectivity index (χ3n) is 2.97. The van der Waals surface area contributed by atoms with Gasteiger partial charge in [-0.3, -0.25) is 9.59 Å². The lowest BCUT2D eigenvalue weighted by Gasteiger charge is -2.09. The highest BCUT2D eigenvalue weighted by Crippen LogP contribution is 2.10. The molecule has 1 atom stereocenters. The molecule has 6 nitrogen and oxygen atoms in total. The van der Waals surface area contributed by atoms with Gasteiger partial charge >= 0.3 is 11.8 Å². The summed E-state index contributed by atoms with van der Waals surface area (Å²) in [6.45, 7) is 1.00. The highest BCUT2D eigenvalue weighted by Gasteiger charge is 2.18. The zero-order valence-corrected chi connectivity index (χ0v) is 11.3. The number of nitrogens with one attached hydrogen (secondary N) is 2. The number of carbonyl (C=O) groups is 2. The average molecular weight is 293 g/mol. The molecule has 112 valence electrons. The third kappa shape index (κ3) is 4.96. The number of halogens is 1. The van der Waals surface area contributed by atoms with E-state index in [0.717, 1.165) is 12.8 Å². The van der Waals surface area contributed by atoms with Gasteiger partial charge in [-0.1, -0.05) is 12.1 Å². The molecule has 1 aromatic carbocycles. The summed E-state index contributed by atoms with van der Waals surface area (Å²) in [5, 5.41) is 6.11. The van der Waals surface area contributed by atoms with Gasteiger partial charge in [0.05, 0.1) is 12.3 Å². The molecule has 1 aliphatic rings. The van der Waals surface area contributed by atoms with Crippen molar-refractivity contribution in [3.05, 3.63) is 35.6 Å². The summed E-state index contributed by atoms with van der Waals surface area (Å²) in [5.41, 5.74) is 2.71. The van der Waals surface area contributed by atoms with Crippen LogP contribution in [0.25, 0.3) is 0 Å². The Balaban J connectivity index is 1.72. The summed E-state index contributed by atoms with van der Waals surface area (Å²) in [4.78, 5) is 22.9. The quantitative estimate of drug-likeness (QED) is 0.484. The lowest BCUT2D eigenvalue weighted by molar-refractivity contribution is -0.139. The number of hydrazone groups is 1. The largest absolute Gasteiger partial charge is 0.376 e. The van der Waals surface area contributed by atoms with Gasteiger partial charge in [0.2, 0.25) is 0 Å². The highest BCUT2D eigenvalue weighted by molar-refractivity contribution is 6.35. The second kappa shape index (κ2) is 7.49. The molecule has 1 saturated heterocycles. The van der Waals surface area contributed by atoms with E-state index >= 15 is 0 Å². The Bertz CT molecular complexity index is 525. The van der Waals surface area contributed by atoms with Crippen molar-refractivity contribution in [3.63, 3.8) is 0 Å². The molecule has 0 radical (unpaired) electrons. The molecule has 2 rings (SSSR count). The van der Waals surface area contributed by atoms with E-state index < -0.39 is 11.8 Å². The molecule has 0 bridgehead atoms. The van der Waals surface area contributed by atoms with Gasteiger partial charge in [0.15, 0.2) is 0 Å². The predicted octanol–water partition coefficient (Wildman–Crippen LogP) is 0.571. The molecule has 1 aliphatic heterocycles. The third-order valence-corrected chi connectivity index (χ3v) is 2.97. The first-order valence-electron chi connectivity index (χ1n) is 6.63. The fraction of sp³-hybridized carbons (Fsp3) is 0.357. The minimum atomic E-state index is -0.855. The van der Waals surface area contributed by atoms with Crippen LogP contribution in [0.2, 0.25) is 0 Å². The standard InChI is InChI=1S/C14H16FN3O3/c15-11-5-3-10(4-6-11)8-17-18-14(20)13(19)16-9-12-2-1-7-21-12/h3-6,8,12H,1-2,7,9H2,(H,16,19)(H,18,20)/b17-8-/t12-/m1/s1. The molecule has 7 heteroatoms. The SMILES string of the molecule is O=C(NC[C@H]1CCCO1)C(=O)N/N=C\c1ccc(F)cc1. The van der Waals surface area contributed by atoms with Crippen LogP contribution in [0.15, 0.2) is 29.4 Å². The second-order valence-electron chi connectivity index (χ2n) is 4.60. The van der Waals surface area contributed by atoms with Gasteiger partial charge in [0, 0.05) is 13.2 Å².